The number of aliphatic carboxylic acids is 1. The molecule has 2 aliphatic heterocycles. The Morgan fingerprint density at radius 1 is 0.473 bits per heavy atom. The van der Waals surface area contributed by atoms with Gasteiger partial charge in [0.1, 0.15) is 66.5 Å². The average Bonchev–Trinajstić information content (AvgIpc) is 2.05. The molecule has 0 unspecified atom stereocenters. The Morgan fingerprint density at radius 3 is 1.32 bits per heavy atom. The monoisotopic (exact) mass is 1320 g/mol. The fourth-order valence-corrected chi connectivity index (χ4v) is 10.0. The molecule has 0 bridgehead atoms. The van der Waals surface area contributed by atoms with E-state index in [4.69, 9.17) is 39.5 Å². The van der Waals surface area contributed by atoms with E-state index in [2.05, 4.69) is 69.1 Å². The van der Waals surface area contributed by atoms with Gasteiger partial charge in [0.05, 0.1) is 6.04 Å². The van der Waals surface area contributed by atoms with Gasteiger partial charge >= 0.3 is 5.97 Å². The van der Waals surface area contributed by atoms with Crippen molar-refractivity contribution in [3.63, 3.8) is 0 Å². The third-order valence-electron chi connectivity index (χ3n) is 15.4. The van der Waals surface area contributed by atoms with Crippen molar-refractivity contribution in [3.05, 3.63) is 0 Å². The minimum Gasteiger partial charge on any atom is -0.480 e. The standard InChI is InChI=1S/C57H101N21O15/c1-28(2)42(53(90)69-31(6)45(82)75-38(55(92)93)20-22-41(60)80)76-49(86)34(14-8-9-23-58)73-48(85)35(16-11-25-66-56(61)62)74-51(88)39-18-13-27-78(39)54(91)32(7)70-47(84)37(19-21-40(59)79)71-44(81)30(5)68-52(89)43(29(3)4)77-50(87)36(17-12-26-67-57(63)64)72-46(83)33-15-10-24-65-33/h28-39,42-43,65H,8-27,58H2,1-7H3,(H2,59,79)(H2,60,80)(H,68,89)(H,69,90)(H,70,84)(H,71,81)(H,72,83)(H,73,85)(H,74,88)(H,75,82)(H,76,86)(H,77,87)(H,92,93)(H4,61,62,66)(H4,63,64,67)/t30-,31-,32-,33-,34-,35-,36-,37-,38-,39-,42-,43-/m0/s1. The van der Waals surface area contributed by atoms with E-state index in [9.17, 15) is 72.2 Å². The topological polar surface area (TPSA) is 597 Å². The highest BCUT2D eigenvalue weighted by Crippen LogP contribution is 2.20. The maximum atomic E-state index is 14.3. The molecule has 2 aliphatic rings. The van der Waals surface area contributed by atoms with Gasteiger partial charge in [0.25, 0.3) is 0 Å². The summed E-state index contributed by atoms with van der Waals surface area (Å²) in [7, 11) is 0. The molecule has 0 spiro atoms. The van der Waals surface area contributed by atoms with Crippen molar-refractivity contribution in [1.82, 2.24) is 74.0 Å². The second kappa shape index (κ2) is 40.8. The Hall–Kier alpha value is -8.96. The van der Waals surface area contributed by atoms with Gasteiger partial charge in [-0.25, -0.2) is 4.79 Å². The van der Waals surface area contributed by atoms with E-state index in [1.165, 1.54) is 25.7 Å². The molecule has 0 radical (unpaired) electrons. The maximum Gasteiger partial charge on any atom is 0.326 e. The SMILES string of the molecule is CC(C)[C@H](NC(=O)[C@H](CCCNC(=N)N)NC(=O)[C@@H]1CCCN1)C(=O)N[C@@H](C)C(=O)N[C@@H](CCC(N)=O)C(=O)N[C@@H](C)C(=O)N1CCC[C@H]1C(=O)N[C@@H](CCCNC(=N)N)C(=O)N[C@@H](CCCCN)C(=O)N[C@H](C(=O)N[C@@H](C)C(=O)N[C@@H](CCC(N)=O)C(=O)O)C(C)C. The van der Waals surface area contributed by atoms with Gasteiger partial charge < -0.3 is 108 Å². The van der Waals surface area contributed by atoms with Gasteiger partial charge in [-0.15, -0.1) is 0 Å². The van der Waals surface area contributed by atoms with Crippen LogP contribution in [0.5, 0.6) is 0 Å². The summed E-state index contributed by atoms with van der Waals surface area (Å²) in [6, 6.07) is -15.1. The number of nitrogens with zero attached hydrogens (tertiary/aromatic N) is 1. The highest BCUT2D eigenvalue weighted by Gasteiger charge is 2.40. The smallest absolute Gasteiger partial charge is 0.326 e. The van der Waals surface area contributed by atoms with Crippen molar-refractivity contribution in [3.8, 4) is 0 Å². The number of amides is 13. The lowest BCUT2D eigenvalue weighted by Gasteiger charge is -2.30. The zero-order chi connectivity index (χ0) is 70.2. The number of rotatable bonds is 42. The Morgan fingerprint density at radius 2 is 0.882 bits per heavy atom. The molecule has 36 nitrogen and oxygen atoms in total. The number of hydrogen-bond acceptors (Lipinski definition) is 18. The number of primary amides is 2. The van der Waals surface area contributed by atoms with Crippen LogP contribution in [0.25, 0.3) is 0 Å². The normalized spacial score (nSPS) is 17.5. The lowest BCUT2D eigenvalue weighted by atomic mass is 10.0. The highest BCUT2D eigenvalue weighted by atomic mass is 16.4. The fourth-order valence-electron chi connectivity index (χ4n) is 10.0. The van der Waals surface area contributed by atoms with Crippen molar-refractivity contribution in [2.45, 2.75) is 217 Å². The number of carboxylic acids is 1. The first-order valence-electron chi connectivity index (χ1n) is 31.4. The third-order valence-corrected chi connectivity index (χ3v) is 15.4. The Balaban J connectivity index is 2.29. The molecule has 36 heteroatoms. The van der Waals surface area contributed by atoms with Gasteiger partial charge in [-0.05, 0) is 129 Å². The summed E-state index contributed by atoms with van der Waals surface area (Å²) < 4.78 is 0. The molecule has 0 aromatic carbocycles. The van der Waals surface area contributed by atoms with Crippen LogP contribution in [-0.4, -0.2) is 210 Å². The van der Waals surface area contributed by atoms with E-state index in [0.717, 1.165) is 6.42 Å². The van der Waals surface area contributed by atoms with E-state index in [1.54, 1.807) is 27.7 Å². The summed E-state index contributed by atoms with van der Waals surface area (Å²) in [5.41, 5.74) is 27.2. The number of nitrogens with one attached hydrogen (secondary N) is 15. The van der Waals surface area contributed by atoms with Crippen LogP contribution < -0.4 is 97.8 Å². The number of unbranched alkanes of at least 4 members (excludes halogenated alkanes) is 1. The molecule has 0 aromatic heterocycles. The van der Waals surface area contributed by atoms with Crippen molar-refractivity contribution >= 4 is 94.7 Å². The van der Waals surface area contributed by atoms with Gasteiger partial charge in [-0.1, -0.05) is 27.7 Å². The van der Waals surface area contributed by atoms with Crippen molar-refractivity contribution in [2.75, 3.05) is 32.7 Å². The number of carbonyl (C=O) groups is 14. The largest absolute Gasteiger partial charge is 0.480 e. The van der Waals surface area contributed by atoms with Crippen molar-refractivity contribution < 1.29 is 72.2 Å². The summed E-state index contributed by atoms with van der Waals surface area (Å²) >= 11 is 0. The summed E-state index contributed by atoms with van der Waals surface area (Å²) in [4.78, 5) is 188. The van der Waals surface area contributed by atoms with Gasteiger partial charge in [-0.2, -0.15) is 0 Å². The molecule has 12 atom stereocenters. The molecule has 0 saturated carbocycles. The van der Waals surface area contributed by atoms with Gasteiger partial charge in [0.15, 0.2) is 11.9 Å². The number of guanidine groups is 2. The number of carbonyl (C=O) groups excluding carboxylic acids is 13. The molecule has 0 aliphatic carbocycles. The molecule has 26 N–H and O–H groups in total. The first-order valence-corrected chi connectivity index (χ1v) is 31.4. The number of hydrogen-bond donors (Lipinski definition) is 21. The molecule has 13 amide bonds. The van der Waals surface area contributed by atoms with Crippen LogP contribution in [0, 0.1) is 22.7 Å². The highest BCUT2D eigenvalue weighted by molar-refractivity contribution is 5.99. The lowest BCUT2D eigenvalue weighted by Crippen LogP contribution is -2.60. The van der Waals surface area contributed by atoms with E-state index >= 15 is 0 Å². The zero-order valence-corrected chi connectivity index (χ0v) is 54.2. The second-order valence-corrected chi connectivity index (χ2v) is 23.9. The maximum absolute atomic E-state index is 14.3. The molecule has 2 rings (SSSR count). The number of carboxylic acid groups (broad SMARTS) is 1. The Bertz CT molecular complexity index is 2640. The van der Waals surface area contributed by atoms with Crippen LogP contribution in [0.2, 0.25) is 0 Å². The van der Waals surface area contributed by atoms with Crippen LogP contribution in [0.15, 0.2) is 0 Å². The summed E-state index contributed by atoms with van der Waals surface area (Å²) in [6.45, 7) is 11.5. The molecular formula is C57H101N21O15. The van der Waals surface area contributed by atoms with Crippen LogP contribution in [0.4, 0.5) is 0 Å². The quantitative estimate of drug-likeness (QED) is 0.0153. The summed E-state index contributed by atoms with van der Waals surface area (Å²) in [5, 5.41) is 58.5. The molecule has 0 aromatic rings. The molecule has 524 valence electrons. The minimum absolute atomic E-state index is 0.000591. The van der Waals surface area contributed by atoms with E-state index in [1.807, 2.05) is 0 Å². The molecule has 2 heterocycles. The van der Waals surface area contributed by atoms with Crippen LogP contribution in [0.3, 0.4) is 0 Å². The summed E-state index contributed by atoms with van der Waals surface area (Å²) in [6.07, 6.45) is 1.50. The Labute approximate surface area is 540 Å². The van der Waals surface area contributed by atoms with E-state index < -0.39 is 174 Å². The predicted octanol–water partition coefficient (Wildman–Crippen LogP) is -6.78. The molecule has 93 heavy (non-hydrogen) atoms. The Kier molecular flexibility index (Phi) is 35.2. The van der Waals surface area contributed by atoms with Crippen molar-refractivity contribution in [2.24, 2.45) is 40.5 Å². The zero-order valence-electron chi connectivity index (χ0n) is 54.2. The number of nitrogens with two attached hydrogens (primary N) is 5. The summed E-state index contributed by atoms with van der Waals surface area (Å²) in [5.74, 6) is -13.6. The first-order chi connectivity index (χ1) is 43.7. The van der Waals surface area contributed by atoms with E-state index in [-0.39, 0.29) is 89.5 Å². The lowest BCUT2D eigenvalue weighted by molar-refractivity contribution is -0.142. The molecule has 2 fully saturated rings. The van der Waals surface area contributed by atoms with Gasteiger partial charge in [-0.3, -0.25) is 73.1 Å². The average molecular weight is 1320 g/mol. The minimum atomic E-state index is -1.51. The van der Waals surface area contributed by atoms with Gasteiger partial charge in [0, 0.05) is 32.5 Å². The van der Waals surface area contributed by atoms with E-state index in [0.29, 0.717) is 38.6 Å². The second-order valence-electron chi connectivity index (χ2n) is 23.9. The molecular weight excluding hydrogens is 1220 g/mol. The van der Waals surface area contributed by atoms with Crippen LogP contribution >= 0.6 is 0 Å². The number of likely N-dealkylation sites (tertiary alicyclic amines) is 1. The van der Waals surface area contributed by atoms with Crippen LogP contribution in [0.1, 0.15) is 145 Å². The van der Waals surface area contributed by atoms with Crippen molar-refractivity contribution in [1.29, 1.82) is 10.8 Å². The van der Waals surface area contributed by atoms with Crippen LogP contribution in [-0.2, 0) is 67.1 Å². The first kappa shape index (κ1) is 80.1. The molecule has 2 saturated heterocycles. The third kappa shape index (κ3) is 29.0. The van der Waals surface area contributed by atoms with Gasteiger partial charge in [0.2, 0.25) is 76.8 Å². The predicted molar refractivity (Wildman–Crippen MR) is 337 cm³/mol. The fraction of sp³-hybridized carbons (Fsp3) is 0.719.